The highest BCUT2D eigenvalue weighted by Crippen LogP contribution is 2.43. The second-order valence-electron chi connectivity index (χ2n) is 36.3. The van der Waals surface area contributed by atoms with E-state index >= 15 is 0 Å². The Hall–Kier alpha value is -20.0. The first-order valence-electron chi connectivity index (χ1n) is 48.5. The predicted molar refractivity (Wildman–Crippen MR) is 592 cm³/mol. The largest absolute Gasteiger partial charge is 0.208 e. The molecule has 27 rings (SSSR count). The lowest BCUT2D eigenvalue weighted by molar-refractivity contribution is 0.978. The molecule has 0 fully saturated rings. The van der Waals surface area contributed by atoms with Gasteiger partial charge in [0.15, 0.2) is 64.1 Å². The molecule has 0 atom stereocenters. The van der Waals surface area contributed by atoms with Gasteiger partial charge in [-0.1, -0.05) is 382 Å². The Bertz CT molecular complexity index is 9140. The number of hydrogen-bond acceptors (Lipinski definition) is 15. The summed E-state index contributed by atoms with van der Waals surface area (Å²) in [6.07, 6.45) is 0. The van der Waals surface area contributed by atoms with Gasteiger partial charge in [-0.25, -0.2) is 74.8 Å². The van der Waals surface area contributed by atoms with E-state index in [-0.39, 0.29) is 23.3 Å². The van der Waals surface area contributed by atoms with Crippen LogP contribution < -0.4 is 0 Å². The molecule has 15 heteroatoms. The monoisotopic (exact) mass is 1860 g/mol. The van der Waals surface area contributed by atoms with Gasteiger partial charge in [-0.3, -0.25) is 0 Å². The summed E-state index contributed by atoms with van der Waals surface area (Å²) < 4.78 is 0. The minimum Gasteiger partial charge on any atom is -0.208 e. The molecule has 0 saturated heterocycles. The zero-order valence-corrected chi connectivity index (χ0v) is 78.5. The third kappa shape index (κ3) is 17.6. The van der Waals surface area contributed by atoms with Crippen LogP contribution in [-0.4, -0.2) is 74.8 Å². The summed E-state index contributed by atoms with van der Waals surface area (Å²) in [5.74, 6) is 6.77. The van der Waals surface area contributed by atoms with Crippen molar-refractivity contribution in [3.8, 4) is 193 Å². The lowest BCUT2D eigenvalue weighted by Gasteiger charge is -2.14. The predicted octanol–water partition coefficient (Wildman–Crippen LogP) is 31.9. The van der Waals surface area contributed by atoms with E-state index in [1.165, 1.54) is 64.6 Å². The van der Waals surface area contributed by atoms with Crippen molar-refractivity contribution in [3.63, 3.8) is 0 Å². The van der Waals surface area contributed by atoms with Crippen LogP contribution in [-0.2, 0) is 0 Å². The fourth-order valence-corrected chi connectivity index (χ4v) is 19.2. The molecule has 0 N–H and O–H groups in total. The maximum atomic E-state index is 5.32. The van der Waals surface area contributed by atoms with Gasteiger partial charge in [-0.15, -0.1) is 0 Å². The van der Waals surface area contributed by atoms with Crippen molar-refractivity contribution >= 4 is 86.2 Å². The number of hydrogen-bond donors (Lipinski definition) is 0. The molecule has 5 heterocycles. The highest BCUT2D eigenvalue weighted by atomic mass is 15.1. The Labute approximate surface area is 839 Å². The SMILES string of the molecule is c1ccc(-c2nc(-c3ccccc3)nc(-c3ccc(-c4nc(-c5ccccc5)nc(-c5cc(-c6ccc7cc8ccccc8cc7c6)cc(-c6ccc7cc8ccccc8cc7c6)c5)n4)cc3)n2)cc1.c1ccc(-c2nc(-c3ccccc3)nc(-c3nc(-c4cc(-c5ccc6cc7ccccc7cc6c5)cc(-c5ccc6cc7ccccc7cc6c5)c4)nc(-c4nc(-c5ccccc5)nc(-c5ccccc5)n4)n3)n2)cc1. The molecule has 22 aromatic carbocycles. The molecule has 0 saturated carbocycles. The highest BCUT2D eigenvalue weighted by Gasteiger charge is 2.25. The van der Waals surface area contributed by atoms with E-state index < -0.39 is 0 Å². The number of benzene rings is 22. The van der Waals surface area contributed by atoms with Gasteiger partial charge >= 0.3 is 0 Å². The van der Waals surface area contributed by atoms with Crippen LogP contribution in [0.5, 0.6) is 0 Å². The van der Waals surface area contributed by atoms with Crippen molar-refractivity contribution in [3.05, 3.63) is 491 Å². The molecule has 5 aromatic heterocycles. The van der Waals surface area contributed by atoms with Crippen molar-refractivity contribution in [2.45, 2.75) is 0 Å². The second kappa shape index (κ2) is 37.6. The molecule has 27 aromatic rings. The van der Waals surface area contributed by atoms with Crippen molar-refractivity contribution in [2.75, 3.05) is 0 Å². The summed E-state index contributed by atoms with van der Waals surface area (Å²) >= 11 is 0. The smallest absolute Gasteiger partial charge is 0.202 e. The van der Waals surface area contributed by atoms with E-state index in [2.05, 4.69) is 255 Å². The topological polar surface area (TPSA) is 193 Å². The molecule has 0 amide bonds. The summed E-state index contributed by atoms with van der Waals surface area (Å²) in [5.41, 5.74) is 17.7. The van der Waals surface area contributed by atoms with Crippen LogP contribution in [0.4, 0.5) is 0 Å². The Morgan fingerprint density at radius 3 is 0.377 bits per heavy atom. The number of fused-ring (bicyclic) bond motifs is 8. The fourth-order valence-electron chi connectivity index (χ4n) is 19.2. The van der Waals surface area contributed by atoms with E-state index in [0.717, 1.165) is 127 Å². The lowest BCUT2D eigenvalue weighted by Crippen LogP contribution is -2.08. The van der Waals surface area contributed by atoms with Crippen LogP contribution >= 0.6 is 0 Å². The van der Waals surface area contributed by atoms with E-state index in [0.29, 0.717) is 64.1 Å². The van der Waals surface area contributed by atoms with Crippen LogP contribution in [0.3, 0.4) is 0 Å². The van der Waals surface area contributed by atoms with E-state index in [4.69, 9.17) is 74.8 Å². The van der Waals surface area contributed by atoms with Crippen LogP contribution in [0.15, 0.2) is 491 Å². The summed E-state index contributed by atoms with van der Waals surface area (Å²) in [4.78, 5) is 76.7. The lowest BCUT2D eigenvalue weighted by atomic mass is 9.92. The molecule has 146 heavy (non-hydrogen) atoms. The van der Waals surface area contributed by atoms with E-state index in [1.807, 2.05) is 237 Å². The standard InChI is InChI=1S/C67H41N9.C64H40N6/c1-5-17-42(18-6-1)59-68-60(43-19-7-2-8-20-43)71-64(70-59)66-74-63(75-67(76-66)65-72-61(44-21-9-3-10-22-44)69-62(73-65)45-23-11-4-12-24-45)58-40-56(52-31-29-50-33-46-25-13-15-27-48(46)35-54(50)37-52)39-57(41-58)53-32-30-51-34-47-26-14-16-28-49(47)36-55(51)38-53;1-4-14-41(15-5-1)59-65-60(42-16-6-2-7-17-42)67-62(66-59)44-24-26-45(27-25-44)63-68-61(43-18-8-3-9-19-43)69-64(70-63)58-39-56(52-30-28-50-32-46-20-10-12-22-48(46)34-54(50)36-52)38-57(40-58)53-31-29-51-33-47-21-11-13-23-49(47)35-55(51)37-53/h1-41H;1-40H. The van der Waals surface area contributed by atoms with Crippen molar-refractivity contribution in [1.29, 1.82) is 0 Å². The number of rotatable bonds is 17. The minimum absolute atomic E-state index is 0.224. The fraction of sp³-hybridized carbons (Fsp3) is 0. The van der Waals surface area contributed by atoms with Crippen LogP contribution in [0.2, 0.25) is 0 Å². The molecule has 0 unspecified atom stereocenters. The average molecular weight is 1870 g/mol. The van der Waals surface area contributed by atoms with Gasteiger partial charge in [0, 0.05) is 61.2 Å². The Morgan fingerprint density at radius 2 is 0.192 bits per heavy atom. The first-order chi connectivity index (χ1) is 72.2. The van der Waals surface area contributed by atoms with Gasteiger partial charge in [0.25, 0.3) is 0 Å². The Morgan fingerprint density at radius 1 is 0.0685 bits per heavy atom. The van der Waals surface area contributed by atoms with Crippen molar-refractivity contribution in [2.24, 2.45) is 0 Å². The molecule has 0 aliphatic carbocycles. The molecule has 0 radical (unpaired) electrons. The zero-order chi connectivity index (χ0) is 96.7. The summed E-state index contributed by atoms with van der Waals surface area (Å²) in [7, 11) is 0. The second-order valence-corrected chi connectivity index (χ2v) is 36.3. The van der Waals surface area contributed by atoms with Crippen LogP contribution in [0.25, 0.3) is 279 Å². The summed E-state index contributed by atoms with van der Waals surface area (Å²) in [6, 6.07) is 170. The van der Waals surface area contributed by atoms with Crippen LogP contribution in [0, 0.1) is 0 Å². The molecule has 0 spiro atoms. The van der Waals surface area contributed by atoms with Gasteiger partial charge in [0.1, 0.15) is 0 Å². The van der Waals surface area contributed by atoms with Gasteiger partial charge in [-0.2, -0.15) is 0 Å². The van der Waals surface area contributed by atoms with E-state index in [9.17, 15) is 0 Å². The maximum Gasteiger partial charge on any atom is 0.202 e. The molecule has 0 aliphatic rings. The molecule has 0 bridgehead atoms. The first-order valence-corrected chi connectivity index (χ1v) is 48.5. The number of nitrogens with zero attached hydrogens (tertiary/aromatic N) is 15. The molecule has 0 aliphatic heterocycles. The average Bonchev–Trinajstić information content (AvgIpc) is 0.760. The first kappa shape index (κ1) is 86.3. The molecular weight excluding hydrogens is 1780 g/mol. The van der Waals surface area contributed by atoms with Crippen LogP contribution in [0.1, 0.15) is 0 Å². The summed E-state index contributed by atoms with van der Waals surface area (Å²) in [6.45, 7) is 0. The van der Waals surface area contributed by atoms with E-state index in [1.54, 1.807) is 0 Å². The van der Waals surface area contributed by atoms with Crippen molar-refractivity contribution in [1.82, 2.24) is 74.8 Å². The Balaban J connectivity index is 0.000000149. The third-order valence-electron chi connectivity index (χ3n) is 26.7. The van der Waals surface area contributed by atoms with Gasteiger partial charge < -0.3 is 0 Å². The van der Waals surface area contributed by atoms with Gasteiger partial charge in [0.2, 0.25) is 23.3 Å². The van der Waals surface area contributed by atoms with Gasteiger partial charge in [-0.05, 0) is 240 Å². The number of aromatic nitrogens is 15. The van der Waals surface area contributed by atoms with Gasteiger partial charge in [0.05, 0.1) is 0 Å². The van der Waals surface area contributed by atoms with Crippen molar-refractivity contribution < 1.29 is 0 Å². The minimum atomic E-state index is 0.224. The quantitative estimate of drug-likeness (QED) is 0.0781. The molecule has 15 nitrogen and oxygen atoms in total. The molecule has 680 valence electrons. The normalized spacial score (nSPS) is 11.4. The molecular formula is C131H81N15. The third-order valence-corrected chi connectivity index (χ3v) is 26.7. The maximum absolute atomic E-state index is 5.32. The summed E-state index contributed by atoms with van der Waals surface area (Å²) in [5, 5.41) is 19.0. The highest BCUT2D eigenvalue weighted by molar-refractivity contribution is 6.05. The zero-order valence-electron chi connectivity index (χ0n) is 78.5. The Kier molecular flexibility index (Phi) is 22.2.